The second-order valence-electron chi connectivity index (χ2n) is 4.87. The minimum absolute atomic E-state index is 0.233. The van der Waals surface area contributed by atoms with Gasteiger partial charge in [0.05, 0.1) is 0 Å². The number of benzene rings is 2. The third-order valence-electron chi connectivity index (χ3n) is 3.26. The predicted octanol–water partition coefficient (Wildman–Crippen LogP) is 5.12. The van der Waals surface area contributed by atoms with Crippen LogP contribution in [0.3, 0.4) is 0 Å². The molecular weight excluding hydrogens is 369 g/mol. The SMILES string of the molecule is O=C(C(=Cc1ccc(Cl)cc1Cl)n1cncn1)c1ccc(Cl)cc1. The topological polar surface area (TPSA) is 47.8 Å². The maximum Gasteiger partial charge on any atom is 0.211 e. The fourth-order valence-corrected chi connectivity index (χ4v) is 2.67. The Bertz CT molecular complexity index is 903. The number of aromatic nitrogens is 3. The second kappa shape index (κ2) is 7.18. The molecule has 0 radical (unpaired) electrons. The van der Waals surface area contributed by atoms with E-state index in [1.54, 1.807) is 48.5 Å². The van der Waals surface area contributed by atoms with Crippen LogP contribution in [0.15, 0.2) is 55.1 Å². The molecule has 7 heteroatoms. The first kappa shape index (κ1) is 16.7. The van der Waals surface area contributed by atoms with Crippen molar-refractivity contribution in [3.8, 4) is 0 Å². The molecular formula is C17H10Cl3N3O. The molecule has 4 nitrogen and oxygen atoms in total. The molecule has 0 atom stereocenters. The zero-order valence-electron chi connectivity index (χ0n) is 12.2. The summed E-state index contributed by atoms with van der Waals surface area (Å²) < 4.78 is 1.39. The Morgan fingerprint density at radius 3 is 2.33 bits per heavy atom. The molecule has 0 saturated carbocycles. The minimum Gasteiger partial charge on any atom is -0.287 e. The van der Waals surface area contributed by atoms with Crippen LogP contribution < -0.4 is 0 Å². The molecule has 3 rings (SSSR count). The summed E-state index contributed by atoms with van der Waals surface area (Å²) in [6, 6.07) is 11.7. The first-order valence-corrected chi connectivity index (χ1v) is 8.00. The Morgan fingerprint density at radius 1 is 1.00 bits per heavy atom. The number of halogens is 3. The summed E-state index contributed by atoms with van der Waals surface area (Å²) in [6.45, 7) is 0. The van der Waals surface area contributed by atoms with Crippen LogP contribution in [0, 0.1) is 0 Å². The lowest BCUT2D eigenvalue weighted by molar-refractivity contribution is 0.105. The van der Waals surface area contributed by atoms with Crippen molar-refractivity contribution in [1.82, 2.24) is 14.8 Å². The standard InChI is InChI=1S/C17H10Cl3N3O/c18-13-4-1-11(2-5-13)17(24)16(23-10-21-9-22-23)7-12-3-6-14(19)8-15(12)20/h1-10H. The molecule has 0 unspecified atom stereocenters. The third kappa shape index (κ3) is 3.67. The van der Waals surface area contributed by atoms with Crippen LogP contribution in [0.5, 0.6) is 0 Å². The number of nitrogens with zero attached hydrogens (tertiary/aromatic N) is 3. The Balaban J connectivity index is 2.08. The van der Waals surface area contributed by atoms with Crippen LogP contribution in [-0.2, 0) is 0 Å². The van der Waals surface area contributed by atoms with Crippen molar-refractivity contribution in [3.05, 3.63) is 81.3 Å². The summed E-state index contributed by atoms with van der Waals surface area (Å²) in [5, 5.41) is 5.55. The molecule has 0 spiro atoms. The van der Waals surface area contributed by atoms with Gasteiger partial charge in [0.25, 0.3) is 0 Å². The van der Waals surface area contributed by atoms with Crippen molar-refractivity contribution in [3.63, 3.8) is 0 Å². The summed E-state index contributed by atoms with van der Waals surface area (Å²) in [4.78, 5) is 16.8. The normalized spacial score (nSPS) is 11.5. The highest BCUT2D eigenvalue weighted by Crippen LogP contribution is 2.25. The van der Waals surface area contributed by atoms with Gasteiger partial charge in [-0.3, -0.25) is 4.79 Å². The average Bonchev–Trinajstić information content (AvgIpc) is 3.08. The van der Waals surface area contributed by atoms with E-state index in [0.717, 1.165) is 0 Å². The first-order valence-electron chi connectivity index (χ1n) is 6.86. The number of hydrogen-bond acceptors (Lipinski definition) is 3. The number of Topliss-reactive ketones (excluding diaryl/α,β-unsaturated/α-hetero) is 1. The van der Waals surface area contributed by atoms with E-state index in [4.69, 9.17) is 34.8 Å². The highest BCUT2D eigenvalue weighted by Gasteiger charge is 2.16. The molecule has 2 aromatic carbocycles. The number of carbonyl (C=O) groups is 1. The molecule has 1 heterocycles. The van der Waals surface area contributed by atoms with Gasteiger partial charge >= 0.3 is 0 Å². The van der Waals surface area contributed by atoms with Gasteiger partial charge < -0.3 is 0 Å². The molecule has 3 aromatic rings. The highest BCUT2D eigenvalue weighted by atomic mass is 35.5. The Kier molecular flexibility index (Phi) is 5.00. The molecule has 1 aromatic heterocycles. The van der Waals surface area contributed by atoms with Crippen molar-refractivity contribution in [2.75, 3.05) is 0 Å². The quantitative estimate of drug-likeness (QED) is 0.467. The molecule has 0 fully saturated rings. The number of allylic oxidation sites excluding steroid dienone is 1. The second-order valence-corrected chi connectivity index (χ2v) is 6.15. The molecule has 0 bridgehead atoms. The third-order valence-corrected chi connectivity index (χ3v) is 4.07. The lowest BCUT2D eigenvalue weighted by atomic mass is 10.1. The first-order chi connectivity index (χ1) is 11.5. The fraction of sp³-hybridized carbons (Fsp3) is 0. The van der Waals surface area contributed by atoms with Gasteiger partial charge in [0.2, 0.25) is 5.78 Å². The summed E-state index contributed by atoms with van der Waals surface area (Å²) >= 11 is 18.0. The Labute approximate surface area is 153 Å². The maximum atomic E-state index is 12.9. The van der Waals surface area contributed by atoms with Crippen LogP contribution in [0.25, 0.3) is 11.8 Å². The maximum absolute atomic E-state index is 12.9. The lowest BCUT2D eigenvalue weighted by Gasteiger charge is -2.08. The number of hydrogen-bond donors (Lipinski definition) is 0. The molecule has 0 saturated heterocycles. The van der Waals surface area contributed by atoms with Gasteiger partial charge in [-0.05, 0) is 48.0 Å². The minimum atomic E-state index is -0.233. The van der Waals surface area contributed by atoms with Crippen molar-refractivity contribution in [2.24, 2.45) is 0 Å². The van der Waals surface area contributed by atoms with E-state index in [2.05, 4.69) is 10.1 Å². The van der Waals surface area contributed by atoms with E-state index >= 15 is 0 Å². The van der Waals surface area contributed by atoms with E-state index in [1.165, 1.54) is 17.3 Å². The number of rotatable bonds is 4. The Hall–Kier alpha value is -2.14. The van der Waals surface area contributed by atoms with Gasteiger partial charge in [-0.25, -0.2) is 9.67 Å². The van der Waals surface area contributed by atoms with Gasteiger partial charge in [-0.1, -0.05) is 40.9 Å². The summed E-state index contributed by atoms with van der Waals surface area (Å²) in [5.41, 5.74) is 1.43. The smallest absolute Gasteiger partial charge is 0.211 e. The van der Waals surface area contributed by atoms with Crippen LogP contribution in [-0.4, -0.2) is 20.5 Å². The van der Waals surface area contributed by atoms with Crippen LogP contribution in [0.4, 0.5) is 0 Å². The summed E-state index contributed by atoms with van der Waals surface area (Å²) in [5.74, 6) is -0.233. The zero-order chi connectivity index (χ0) is 17.1. The van der Waals surface area contributed by atoms with E-state index in [1.807, 2.05) is 0 Å². The van der Waals surface area contributed by atoms with E-state index in [9.17, 15) is 4.79 Å². The molecule has 0 aliphatic heterocycles. The van der Waals surface area contributed by atoms with E-state index < -0.39 is 0 Å². The van der Waals surface area contributed by atoms with Gasteiger partial charge in [0, 0.05) is 20.6 Å². The van der Waals surface area contributed by atoms with Crippen molar-refractivity contribution in [1.29, 1.82) is 0 Å². The van der Waals surface area contributed by atoms with Gasteiger partial charge in [0.15, 0.2) is 0 Å². The van der Waals surface area contributed by atoms with Gasteiger partial charge in [-0.15, -0.1) is 0 Å². The fourth-order valence-electron chi connectivity index (χ4n) is 2.08. The Morgan fingerprint density at radius 2 is 1.71 bits per heavy atom. The molecule has 0 aliphatic rings. The molecule has 0 aliphatic carbocycles. The molecule has 0 N–H and O–H groups in total. The molecule has 120 valence electrons. The van der Waals surface area contributed by atoms with Crippen LogP contribution >= 0.6 is 34.8 Å². The van der Waals surface area contributed by atoms with Crippen LogP contribution in [0.2, 0.25) is 15.1 Å². The molecule has 0 amide bonds. The average molecular weight is 379 g/mol. The largest absolute Gasteiger partial charge is 0.287 e. The van der Waals surface area contributed by atoms with Crippen molar-refractivity contribution in [2.45, 2.75) is 0 Å². The number of ketones is 1. The lowest BCUT2D eigenvalue weighted by Crippen LogP contribution is -2.10. The molecule has 24 heavy (non-hydrogen) atoms. The van der Waals surface area contributed by atoms with Crippen molar-refractivity contribution < 1.29 is 4.79 Å². The highest BCUT2D eigenvalue weighted by molar-refractivity contribution is 6.36. The van der Waals surface area contributed by atoms with E-state index in [0.29, 0.717) is 31.9 Å². The predicted molar refractivity (Wildman–Crippen MR) is 96.4 cm³/mol. The summed E-state index contributed by atoms with van der Waals surface area (Å²) in [7, 11) is 0. The van der Waals surface area contributed by atoms with Gasteiger partial charge in [-0.2, -0.15) is 5.10 Å². The zero-order valence-corrected chi connectivity index (χ0v) is 14.4. The monoisotopic (exact) mass is 377 g/mol. The van der Waals surface area contributed by atoms with Crippen LogP contribution in [0.1, 0.15) is 15.9 Å². The van der Waals surface area contributed by atoms with Gasteiger partial charge in [0.1, 0.15) is 18.4 Å². The number of carbonyl (C=O) groups excluding carboxylic acids is 1. The summed E-state index contributed by atoms with van der Waals surface area (Å²) in [6.07, 6.45) is 4.44. The van der Waals surface area contributed by atoms with E-state index in [-0.39, 0.29) is 5.78 Å². The van der Waals surface area contributed by atoms with Crippen molar-refractivity contribution >= 4 is 52.4 Å².